The van der Waals surface area contributed by atoms with E-state index in [1.165, 1.54) is 0 Å². The van der Waals surface area contributed by atoms with E-state index in [0.717, 1.165) is 0 Å². The number of carbonyl (C=O) groups is 1. The van der Waals surface area contributed by atoms with Crippen LogP contribution in [0.5, 0.6) is 0 Å². The molecule has 2 heterocycles. The summed E-state index contributed by atoms with van der Waals surface area (Å²) in [6.45, 7) is 0. The van der Waals surface area contributed by atoms with E-state index in [-0.39, 0.29) is 29.9 Å². The van der Waals surface area contributed by atoms with Crippen molar-refractivity contribution in [3.05, 3.63) is 18.2 Å². The summed E-state index contributed by atoms with van der Waals surface area (Å²) in [7, 11) is -1.13. The SMILES string of the molecule is Cn1ccnc1CC(=O)NC1CCS(=O)(=O)C1. The van der Waals surface area contributed by atoms with E-state index in [9.17, 15) is 13.2 Å². The number of sulfone groups is 1. The Morgan fingerprint density at radius 1 is 1.65 bits per heavy atom. The highest BCUT2D eigenvalue weighted by molar-refractivity contribution is 7.91. The fourth-order valence-electron chi connectivity index (χ4n) is 1.90. The van der Waals surface area contributed by atoms with E-state index in [2.05, 4.69) is 10.3 Å². The zero-order valence-corrected chi connectivity index (χ0v) is 10.4. The van der Waals surface area contributed by atoms with Gasteiger partial charge in [-0.2, -0.15) is 0 Å². The topological polar surface area (TPSA) is 81.1 Å². The molecule has 1 aliphatic rings. The van der Waals surface area contributed by atoms with E-state index >= 15 is 0 Å². The van der Waals surface area contributed by atoms with Crippen molar-refractivity contribution in [2.75, 3.05) is 11.5 Å². The summed E-state index contributed by atoms with van der Waals surface area (Å²) in [6.07, 6.45) is 4.08. The molecule has 1 aromatic heterocycles. The third-order valence-corrected chi connectivity index (χ3v) is 4.61. The Morgan fingerprint density at radius 2 is 2.41 bits per heavy atom. The molecule has 1 aromatic rings. The van der Waals surface area contributed by atoms with E-state index in [1.54, 1.807) is 17.0 Å². The van der Waals surface area contributed by atoms with E-state index < -0.39 is 9.84 Å². The first kappa shape index (κ1) is 12.1. The van der Waals surface area contributed by atoms with Crippen LogP contribution in [0.15, 0.2) is 12.4 Å². The summed E-state index contributed by atoms with van der Waals surface area (Å²) in [6, 6.07) is -0.243. The van der Waals surface area contributed by atoms with Crippen LogP contribution in [0.1, 0.15) is 12.2 Å². The maximum atomic E-state index is 11.7. The smallest absolute Gasteiger partial charge is 0.227 e. The lowest BCUT2D eigenvalue weighted by molar-refractivity contribution is -0.121. The number of aryl methyl sites for hydroxylation is 1. The van der Waals surface area contributed by atoms with E-state index in [0.29, 0.717) is 12.2 Å². The predicted molar refractivity (Wildman–Crippen MR) is 62.1 cm³/mol. The molecule has 17 heavy (non-hydrogen) atoms. The fourth-order valence-corrected chi connectivity index (χ4v) is 3.57. The van der Waals surface area contributed by atoms with Gasteiger partial charge in [0.15, 0.2) is 9.84 Å². The molecule has 1 N–H and O–H groups in total. The summed E-state index contributed by atoms with van der Waals surface area (Å²) in [4.78, 5) is 15.7. The van der Waals surface area contributed by atoms with Gasteiger partial charge in [0.05, 0.1) is 17.9 Å². The van der Waals surface area contributed by atoms with Gasteiger partial charge in [-0.05, 0) is 6.42 Å². The van der Waals surface area contributed by atoms with Crippen molar-refractivity contribution in [2.24, 2.45) is 7.05 Å². The minimum absolute atomic E-state index is 0.0549. The Hall–Kier alpha value is -1.37. The van der Waals surface area contributed by atoms with Crippen molar-refractivity contribution in [3.8, 4) is 0 Å². The molecule has 94 valence electrons. The van der Waals surface area contributed by atoms with Crippen molar-refractivity contribution in [2.45, 2.75) is 18.9 Å². The normalized spacial score (nSPS) is 22.5. The van der Waals surface area contributed by atoms with Gasteiger partial charge in [0.2, 0.25) is 5.91 Å². The molecule has 1 amide bonds. The summed E-state index contributed by atoms with van der Waals surface area (Å²) < 4.78 is 24.2. The zero-order valence-electron chi connectivity index (χ0n) is 9.59. The van der Waals surface area contributed by atoms with Crippen LogP contribution in [-0.2, 0) is 28.1 Å². The lowest BCUT2D eigenvalue weighted by Gasteiger charge is -2.10. The predicted octanol–water partition coefficient (Wildman–Crippen LogP) is -0.734. The molecular weight excluding hydrogens is 242 g/mol. The summed E-state index contributed by atoms with van der Waals surface area (Å²) in [5.41, 5.74) is 0. The minimum atomic E-state index is -2.95. The number of aromatic nitrogens is 2. The lowest BCUT2D eigenvalue weighted by Crippen LogP contribution is -2.37. The number of carbonyl (C=O) groups excluding carboxylic acids is 1. The fraction of sp³-hybridized carbons (Fsp3) is 0.600. The Kier molecular flexibility index (Phi) is 3.19. The summed E-state index contributed by atoms with van der Waals surface area (Å²) in [5, 5.41) is 2.73. The molecule has 1 atom stereocenters. The monoisotopic (exact) mass is 257 g/mol. The molecule has 1 aliphatic heterocycles. The highest BCUT2D eigenvalue weighted by Crippen LogP contribution is 2.11. The molecule has 1 saturated heterocycles. The minimum Gasteiger partial charge on any atom is -0.352 e. The molecule has 0 spiro atoms. The molecular formula is C10H15N3O3S. The third-order valence-electron chi connectivity index (χ3n) is 2.84. The second-order valence-electron chi connectivity index (χ2n) is 4.30. The molecule has 7 heteroatoms. The van der Waals surface area contributed by atoms with Gasteiger partial charge in [0.25, 0.3) is 0 Å². The average molecular weight is 257 g/mol. The molecule has 6 nitrogen and oxygen atoms in total. The summed E-state index contributed by atoms with van der Waals surface area (Å²) >= 11 is 0. The van der Waals surface area contributed by atoms with Crippen molar-refractivity contribution in [3.63, 3.8) is 0 Å². The Bertz CT molecular complexity index is 521. The summed E-state index contributed by atoms with van der Waals surface area (Å²) in [5.74, 6) is 0.712. The number of nitrogens with one attached hydrogen (secondary N) is 1. The lowest BCUT2D eigenvalue weighted by atomic mass is 10.2. The second kappa shape index (κ2) is 4.48. The Balaban J connectivity index is 1.89. The van der Waals surface area contributed by atoms with Gasteiger partial charge in [0, 0.05) is 25.5 Å². The molecule has 1 fully saturated rings. The second-order valence-corrected chi connectivity index (χ2v) is 6.53. The standard InChI is InChI=1S/C10H15N3O3S/c1-13-4-3-11-9(13)6-10(14)12-8-2-5-17(15,16)7-8/h3-4,8H,2,5-7H2,1H3,(H,12,14). The number of imidazole rings is 1. The van der Waals surface area contributed by atoms with Crippen LogP contribution in [0.25, 0.3) is 0 Å². The first-order valence-electron chi connectivity index (χ1n) is 5.42. The van der Waals surface area contributed by atoms with Gasteiger partial charge < -0.3 is 9.88 Å². The molecule has 1 unspecified atom stereocenters. The highest BCUT2D eigenvalue weighted by atomic mass is 32.2. The highest BCUT2D eigenvalue weighted by Gasteiger charge is 2.28. The van der Waals surface area contributed by atoms with E-state index in [4.69, 9.17) is 0 Å². The van der Waals surface area contributed by atoms with Crippen LogP contribution in [0.2, 0.25) is 0 Å². The van der Waals surface area contributed by atoms with Crippen LogP contribution >= 0.6 is 0 Å². The van der Waals surface area contributed by atoms with Crippen LogP contribution in [0.4, 0.5) is 0 Å². The third kappa shape index (κ3) is 3.06. The number of nitrogens with zero attached hydrogens (tertiary/aromatic N) is 2. The van der Waals surface area contributed by atoms with Crippen molar-refractivity contribution >= 4 is 15.7 Å². The van der Waals surface area contributed by atoms with Crippen molar-refractivity contribution in [1.29, 1.82) is 0 Å². The molecule has 0 bridgehead atoms. The largest absolute Gasteiger partial charge is 0.352 e. The number of hydrogen-bond donors (Lipinski definition) is 1. The van der Waals surface area contributed by atoms with Crippen LogP contribution in [-0.4, -0.2) is 41.4 Å². The maximum Gasteiger partial charge on any atom is 0.227 e. The Labute approximate surface area is 100.0 Å². The Morgan fingerprint density at radius 3 is 2.94 bits per heavy atom. The van der Waals surface area contributed by atoms with Crippen LogP contribution < -0.4 is 5.32 Å². The molecule has 0 radical (unpaired) electrons. The molecule has 2 rings (SSSR count). The van der Waals surface area contributed by atoms with Gasteiger partial charge >= 0.3 is 0 Å². The van der Waals surface area contributed by atoms with Gasteiger partial charge in [-0.3, -0.25) is 4.79 Å². The quantitative estimate of drug-likeness (QED) is 0.773. The van der Waals surface area contributed by atoms with Gasteiger partial charge in [0.1, 0.15) is 5.82 Å². The zero-order chi connectivity index (χ0) is 12.5. The average Bonchev–Trinajstić information content (AvgIpc) is 2.74. The molecule has 0 aromatic carbocycles. The molecule has 0 saturated carbocycles. The van der Waals surface area contributed by atoms with Gasteiger partial charge in [-0.15, -0.1) is 0 Å². The van der Waals surface area contributed by atoms with E-state index in [1.807, 2.05) is 7.05 Å². The van der Waals surface area contributed by atoms with Crippen LogP contribution in [0.3, 0.4) is 0 Å². The number of rotatable bonds is 3. The first-order valence-corrected chi connectivity index (χ1v) is 7.24. The van der Waals surface area contributed by atoms with Crippen molar-refractivity contribution < 1.29 is 13.2 Å². The van der Waals surface area contributed by atoms with Crippen LogP contribution in [0, 0.1) is 0 Å². The van der Waals surface area contributed by atoms with Crippen molar-refractivity contribution in [1.82, 2.24) is 14.9 Å². The van der Waals surface area contributed by atoms with Gasteiger partial charge in [-0.25, -0.2) is 13.4 Å². The molecule has 0 aliphatic carbocycles. The number of hydrogen-bond acceptors (Lipinski definition) is 4. The van der Waals surface area contributed by atoms with Gasteiger partial charge in [-0.1, -0.05) is 0 Å². The number of amides is 1. The first-order chi connectivity index (χ1) is 7.96. The maximum absolute atomic E-state index is 11.7.